The summed E-state index contributed by atoms with van der Waals surface area (Å²) in [6, 6.07) is 0.272. The average Bonchev–Trinajstić information content (AvgIpc) is 2.83. The fourth-order valence-electron chi connectivity index (χ4n) is 3.24. The molecule has 1 aromatic rings. The first-order valence-corrected chi connectivity index (χ1v) is 9.18. The fourth-order valence-corrected chi connectivity index (χ4v) is 4.79. The number of hydrogen-bond acceptors (Lipinski definition) is 3. The molecule has 0 bridgehead atoms. The van der Waals surface area contributed by atoms with E-state index < -0.39 is 0 Å². The number of thiophene rings is 1. The largest absolute Gasteiger partial charge is 0.376 e. The normalized spacial score (nSPS) is 22.6. The zero-order valence-electron chi connectivity index (χ0n) is 13.0. The lowest BCUT2D eigenvalue weighted by Crippen LogP contribution is -2.49. The SMILES string of the molecule is CCNC(c1cscc1Br)C1(OC)CCC(C)(C)CC1. The lowest BCUT2D eigenvalue weighted by Gasteiger charge is -2.47. The van der Waals surface area contributed by atoms with Gasteiger partial charge in [0.25, 0.3) is 0 Å². The van der Waals surface area contributed by atoms with E-state index in [0.29, 0.717) is 5.41 Å². The summed E-state index contributed by atoms with van der Waals surface area (Å²) in [6.45, 7) is 7.87. The number of ether oxygens (including phenoxy) is 1. The topological polar surface area (TPSA) is 21.3 Å². The van der Waals surface area contributed by atoms with Crippen molar-refractivity contribution in [3.63, 3.8) is 0 Å². The summed E-state index contributed by atoms with van der Waals surface area (Å²) in [4.78, 5) is 0. The highest BCUT2D eigenvalue weighted by atomic mass is 79.9. The van der Waals surface area contributed by atoms with Gasteiger partial charge in [0.15, 0.2) is 0 Å². The molecule has 4 heteroatoms. The molecular formula is C16H26BrNOS. The molecular weight excluding hydrogens is 334 g/mol. The van der Waals surface area contributed by atoms with Crippen LogP contribution in [0.3, 0.4) is 0 Å². The van der Waals surface area contributed by atoms with Gasteiger partial charge >= 0.3 is 0 Å². The van der Waals surface area contributed by atoms with Crippen molar-refractivity contribution >= 4 is 27.3 Å². The second-order valence-electron chi connectivity index (χ2n) is 6.60. The number of hydrogen-bond donors (Lipinski definition) is 1. The van der Waals surface area contributed by atoms with Crippen molar-refractivity contribution < 1.29 is 4.74 Å². The van der Waals surface area contributed by atoms with E-state index in [2.05, 4.69) is 52.8 Å². The van der Waals surface area contributed by atoms with Crippen LogP contribution >= 0.6 is 27.3 Å². The molecule has 1 N–H and O–H groups in total. The number of likely N-dealkylation sites (N-methyl/N-ethyl adjacent to an activating group) is 1. The van der Waals surface area contributed by atoms with Gasteiger partial charge in [-0.2, -0.15) is 11.3 Å². The Morgan fingerprint density at radius 3 is 2.40 bits per heavy atom. The Balaban J connectivity index is 2.29. The van der Waals surface area contributed by atoms with Crippen LogP contribution in [0, 0.1) is 5.41 Å². The van der Waals surface area contributed by atoms with E-state index in [4.69, 9.17) is 4.74 Å². The van der Waals surface area contributed by atoms with Gasteiger partial charge in [-0.15, -0.1) is 0 Å². The van der Waals surface area contributed by atoms with Crippen LogP contribution in [-0.4, -0.2) is 19.3 Å². The maximum Gasteiger partial charge on any atom is 0.0873 e. The Kier molecular flexibility index (Phi) is 5.33. The van der Waals surface area contributed by atoms with E-state index in [9.17, 15) is 0 Å². The molecule has 1 fully saturated rings. The molecule has 2 nitrogen and oxygen atoms in total. The third-order valence-corrected chi connectivity index (χ3v) is 6.50. The first-order valence-electron chi connectivity index (χ1n) is 7.44. The monoisotopic (exact) mass is 359 g/mol. The van der Waals surface area contributed by atoms with Crippen molar-refractivity contribution in [2.75, 3.05) is 13.7 Å². The molecule has 1 aliphatic carbocycles. The van der Waals surface area contributed by atoms with E-state index in [0.717, 1.165) is 19.4 Å². The summed E-state index contributed by atoms with van der Waals surface area (Å²) in [5.74, 6) is 0. The van der Waals surface area contributed by atoms with Crippen LogP contribution < -0.4 is 5.32 Å². The highest BCUT2D eigenvalue weighted by molar-refractivity contribution is 9.10. The zero-order valence-corrected chi connectivity index (χ0v) is 15.4. The Bertz CT molecular complexity index is 433. The van der Waals surface area contributed by atoms with E-state index in [-0.39, 0.29) is 11.6 Å². The molecule has 0 aromatic carbocycles. The van der Waals surface area contributed by atoms with Crippen molar-refractivity contribution in [2.45, 2.75) is 58.1 Å². The van der Waals surface area contributed by atoms with Crippen LogP contribution in [0.15, 0.2) is 15.2 Å². The highest BCUT2D eigenvalue weighted by Crippen LogP contribution is 2.48. The minimum absolute atomic E-state index is 0.0743. The van der Waals surface area contributed by atoms with E-state index >= 15 is 0 Å². The first kappa shape index (κ1) is 16.5. The lowest BCUT2D eigenvalue weighted by molar-refractivity contribution is -0.0874. The molecule has 20 heavy (non-hydrogen) atoms. The number of methoxy groups -OCH3 is 1. The Labute approximate surface area is 135 Å². The van der Waals surface area contributed by atoms with Gasteiger partial charge in [-0.1, -0.05) is 20.8 Å². The molecule has 2 rings (SSSR count). The van der Waals surface area contributed by atoms with Gasteiger partial charge in [0.2, 0.25) is 0 Å². The Hall–Kier alpha value is 0.1000. The predicted octanol–water partition coefficient (Wildman–Crippen LogP) is 5.15. The number of halogens is 1. The summed E-state index contributed by atoms with van der Waals surface area (Å²) in [5.41, 5.74) is 1.72. The quantitative estimate of drug-likeness (QED) is 0.784. The molecule has 0 spiro atoms. The van der Waals surface area contributed by atoms with Crippen molar-refractivity contribution in [1.29, 1.82) is 0 Å². The van der Waals surface area contributed by atoms with Crippen LogP contribution in [0.4, 0.5) is 0 Å². The van der Waals surface area contributed by atoms with Gasteiger partial charge in [-0.3, -0.25) is 0 Å². The van der Waals surface area contributed by atoms with Crippen LogP contribution in [0.5, 0.6) is 0 Å². The summed E-state index contributed by atoms with van der Waals surface area (Å²) in [7, 11) is 1.88. The summed E-state index contributed by atoms with van der Waals surface area (Å²) in [6.07, 6.45) is 4.70. The third kappa shape index (κ3) is 3.29. The molecule has 1 heterocycles. The summed E-state index contributed by atoms with van der Waals surface area (Å²) in [5, 5.41) is 8.08. The van der Waals surface area contributed by atoms with Crippen molar-refractivity contribution in [3.05, 3.63) is 20.8 Å². The van der Waals surface area contributed by atoms with Crippen molar-refractivity contribution in [2.24, 2.45) is 5.41 Å². The lowest BCUT2D eigenvalue weighted by atomic mass is 9.67. The molecule has 114 valence electrons. The summed E-state index contributed by atoms with van der Waals surface area (Å²) >= 11 is 5.45. The molecule has 0 aliphatic heterocycles. The van der Waals surface area contributed by atoms with Gasteiger partial charge in [-0.25, -0.2) is 0 Å². The fraction of sp³-hybridized carbons (Fsp3) is 0.750. The Morgan fingerprint density at radius 1 is 1.30 bits per heavy atom. The Morgan fingerprint density at radius 2 is 1.95 bits per heavy atom. The molecule has 1 aromatic heterocycles. The van der Waals surface area contributed by atoms with Gasteiger partial charge in [-0.05, 0) is 64.5 Å². The smallest absolute Gasteiger partial charge is 0.0873 e. The zero-order chi connectivity index (χ0) is 14.8. The minimum atomic E-state index is -0.0743. The highest BCUT2D eigenvalue weighted by Gasteiger charge is 2.45. The van der Waals surface area contributed by atoms with Gasteiger partial charge in [0.05, 0.1) is 11.6 Å². The first-order chi connectivity index (χ1) is 9.44. The van der Waals surface area contributed by atoms with E-state index in [1.165, 1.54) is 22.9 Å². The molecule has 1 atom stereocenters. The maximum atomic E-state index is 6.09. The molecule has 0 amide bonds. The van der Waals surface area contributed by atoms with Crippen LogP contribution in [-0.2, 0) is 4.74 Å². The van der Waals surface area contributed by atoms with Crippen molar-refractivity contribution in [3.8, 4) is 0 Å². The average molecular weight is 360 g/mol. The van der Waals surface area contributed by atoms with Crippen LogP contribution in [0.25, 0.3) is 0 Å². The third-order valence-electron chi connectivity index (χ3n) is 4.74. The van der Waals surface area contributed by atoms with Gasteiger partial charge in [0.1, 0.15) is 0 Å². The van der Waals surface area contributed by atoms with E-state index in [1.54, 1.807) is 11.3 Å². The molecule has 0 saturated heterocycles. The van der Waals surface area contributed by atoms with Crippen LogP contribution in [0.1, 0.15) is 58.1 Å². The molecule has 0 radical (unpaired) electrons. The number of nitrogens with one attached hydrogen (secondary N) is 1. The second kappa shape index (κ2) is 6.47. The summed E-state index contributed by atoms with van der Waals surface area (Å²) < 4.78 is 7.29. The predicted molar refractivity (Wildman–Crippen MR) is 90.4 cm³/mol. The molecule has 1 aliphatic rings. The maximum absolute atomic E-state index is 6.09. The molecule has 1 unspecified atom stereocenters. The van der Waals surface area contributed by atoms with Gasteiger partial charge < -0.3 is 10.1 Å². The minimum Gasteiger partial charge on any atom is -0.376 e. The number of rotatable bonds is 5. The second-order valence-corrected chi connectivity index (χ2v) is 8.20. The van der Waals surface area contributed by atoms with E-state index in [1.807, 2.05) is 7.11 Å². The van der Waals surface area contributed by atoms with Crippen LogP contribution in [0.2, 0.25) is 0 Å². The standard InChI is InChI=1S/C16H26BrNOS/c1-5-18-14(12-10-20-11-13(12)17)16(19-4)8-6-15(2,3)7-9-16/h10-11,14,18H,5-9H2,1-4H3. The van der Waals surface area contributed by atoms with Gasteiger partial charge in [0, 0.05) is 17.0 Å². The molecule has 1 saturated carbocycles. The van der Waals surface area contributed by atoms with Crippen molar-refractivity contribution in [1.82, 2.24) is 5.32 Å².